The number of hydrogen-bond donors (Lipinski definition) is 1. The zero-order valence-corrected chi connectivity index (χ0v) is 13.7. The molecule has 0 aromatic rings. The summed E-state index contributed by atoms with van der Waals surface area (Å²) in [7, 11) is 0. The molecular weight excluding hydrogens is 288 g/mol. The third-order valence-corrected chi connectivity index (χ3v) is 3.69. The smallest absolute Gasteiger partial charge is 0.333 e. The molecule has 0 aliphatic carbocycles. The molecule has 1 fully saturated rings. The monoisotopic (exact) mass is 312 g/mol. The molecule has 0 amide bonds. The first-order valence-corrected chi connectivity index (χ1v) is 7.29. The van der Waals surface area contributed by atoms with Crippen LogP contribution in [0.4, 0.5) is 0 Å². The van der Waals surface area contributed by atoms with Crippen molar-refractivity contribution in [2.75, 3.05) is 6.61 Å². The fraction of sp³-hybridized carbons (Fsp3) is 0.625. The van der Waals surface area contributed by atoms with Crippen molar-refractivity contribution in [2.24, 2.45) is 0 Å². The van der Waals surface area contributed by atoms with Crippen LogP contribution in [0.2, 0.25) is 0 Å². The van der Waals surface area contributed by atoms with Crippen LogP contribution >= 0.6 is 0 Å². The summed E-state index contributed by atoms with van der Waals surface area (Å²) >= 11 is 0. The van der Waals surface area contributed by atoms with Crippen LogP contribution < -0.4 is 0 Å². The number of carbonyl (C=O) groups excluding carboxylic acids is 2. The van der Waals surface area contributed by atoms with Crippen LogP contribution in [-0.4, -0.2) is 48.1 Å². The lowest BCUT2D eigenvalue weighted by atomic mass is 10.0. The Balaban J connectivity index is 2.92. The second kappa shape index (κ2) is 8.10. The van der Waals surface area contributed by atoms with Crippen molar-refractivity contribution >= 4 is 11.9 Å². The predicted molar refractivity (Wildman–Crippen MR) is 80.0 cm³/mol. The number of allylic oxidation sites excluding steroid dienone is 2. The van der Waals surface area contributed by atoms with Gasteiger partial charge in [-0.05, 0) is 34.6 Å². The molecule has 1 aliphatic heterocycles. The van der Waals surface area contributed by atoms with E-state index < -0.39 is 36.4 Å². The molecule has 0 spiro atoms. The average Bonchev–Trinajstić information content (AvgIpc) is 2.51. The van der Waals surface area contributed by atoms with Crippen molar-refractivity contribution in [3.63, 3.8) is 0 Å². The van der Waals surface area contributed by atoms with Gasteiger partial charge in [-0.3, -0.25) is 0 Å². The van der Waals surface area contributed by atoms with Gasteiger partial charge >= 0.3 is 11.9 Å². The van der Waals surface area contributed by atoms with E-state index >= 15 is 0 Å². The van der Waals surface area contributed by atoms with E-state index in [0.717, 1.165) is 0 Å². The summed E-state index contributed by atoms with van der Waals surface area (Å²) in [5.74, 6) is -1.08. The van der Waals surface area contributed by atoms with Gasteiger partial charge in [0.2, 0.25) is 0 Å². The van der Waals surface area contributed by atoms with E-state index in [1.807, 2.05) is 0 Å². The molecule has 0 aromatic carbocycles. The largest absolute Gasteiger partial charge is 0.452 e. The van der Waals surface area contributed by atoms with Crippen molar-refractivity contribution in [1.29, 1.82) is 0 Å². The molecule has 0 saturated carbocycles. The Bertz CT molecular complexity index is 435. The van der Waals surface area contributed by atoms with Gasteiger partial charge in [0.1, 0.15) is 6.10 Å². The Hall–Kier alpha value is -1.66. The molecule has 0 radical (unpaired) electrons. The summed E-state index contributed by atoms with van der Waals surface area (Å²) in [6.45, 7) is 8.40. The first kappa shape index (κ1) is 18.4. The number of hydrogen-bond acceptors (Lipinski definition) is 6. The Kier molecular flexibility index (Phi) is 6.77. The molecule has 22 heavy (non-hydrogen) atoms. The van der Waals surface area contributed by atoms with Crippen LogP contribution in [0.1, 0.15) is 34.6 Å². The lowest BCUT2D eigenvalue weighted by Crippen LogP contribution is -2.55. The number of aliphatic hydroxyl groups excluding tert-OH is 1. The molecular formula is C16H24O6. The van der Waals surface area contributed by atoms with Crippen LogP contribution in [0.3, 0.4) is 0 Å². The van der Waals surface area contributed by atoms with E-state index in [9.17, 15) is 14.7 Å². The summed E-state index contributed by atoms with van der Waals surface area (Å²) in [5, 5.41) is 10.0. The minimum Gasteiger partial charge on any atom is -0.452 e. The summed E-state index contributed by atoms with van der Waals surface area (Å²) < 4.78 is 16.0. The minimum atomic E-state index is -1.05. The Morgan fingerprint density at radius 3 is 1.95 bits per heavy atom. The third kappa shape index (κ3) is 4.42. The van der Waals surface area contributed by atoms with Crippen molar-refractivity contribution in [3.8, 4) is 0 Å². The lowest BCUT2D eigenvalue weighted by molar-refractivity contribution is -0.213. The van der Waals surface area contributed by atoms with Crippen molar-refractivity contribution in [1.82, 2.24) is 0 Å². The van der Waals surface area contributed by atoms with Gasteiger partial charge in [-0.25, -0.2) is 9.59 Å². The molecule has 6 nitrogen and oxygen atoms in total. The quantitative estimate of drug-likeness (QED) is 0.626. The van der Waals surface area contributed by atoms with E-state index in [4.69, 9.17) is 14.2 Å². The number of carbonyl (C=O) groups is 2. The highest BCUT2D eigenvalue weighted by Gasteiger charge is 2.43. The van der Waals surface area contributed by atoms with Gasteiger partial charge in [0.15, 0.2) is 12.2 Å². The Morgan fingerprint density at radius 2 is 1.50 bits per heavy atom. The normalized spacial score (nSPS) is 29.9. The lowest BCUT2D eigenvalue weighted by Gasteiger charge is -2.38. The Labute approximate surface area is 130 Å². The third-order valence-electron chi connectivity index (χ3n) is 3.69. The van der Waals surface area contributed by atoms with Crippen LogP contribution in [0.25, 0.3) is 0 Å². The van der Waals surface area contributed by atoms with E-state index in [-0.39, 0.29) is 6.61 Å². The first-order valence-electron chi connectivity index (χ1n) is 7.29. The average molecular weight is 312 g/mol. The molecule has 1 N–H and O–H groups in total. The van der Waals surface area contributed by atoms with Crippen molar-refractivity contribution in [3.05, 3.63) is 23.3 Å². The predicted octanol–water partition coefficient (Wildman–Crippen LogP) is 1.52. The molecule has 1 rings (SSSR count). The summed E-state index contributed by atoms with van der Waals surface area (Å²) in [4.78, 5) is 23.9. The van der Waals surface area contributed by atoms with E-state index in [2.05, 4.69) is 0 Å². The second-order valence-electron chi connectivity index (χ2n) is 5.29. The van der Waals surface area contributed by atoms with Gasteiger partial charge < -0.3 is 19.3 Å². The number of esters is 2. The van der Waals surface area contributed by atoms with Gasteiger partial charge in [-0.15, -0.1) is 0 Å². The molecule has 6 heteroatoms. The zero-order chi connectivity index (χ0) is 16.9. The molecule has 0 bridgehead atoms. The standard InChI is InChI=1S/C16H24O6/c1-6-9(3)15(18)21-13-11(5)20-8-12(17)14(13)22-16(19)10(4)7-2/h6-7,11-14,17H,8H2,1-5H3/b9-6-,10-7-/t11-,12-,13-,14-/m0/s1. The Morgan fingerprint density at radius 1 is 1.05 bits per heavy atom. The number of aliphatic hydroxyl groups is 1. The molecule has 0 aromatic heterocycles. The van der Waals surface area contributed by atoms with Gasteiger partial charge in [-0.2, -0.15) is 0 Å². The van der Waals surface area contributed by atoms with E-state index in [1.165, 1.54) is 0 Å². The number of rotatable bonds is 4. The highest BCUT2D eigenvalue weighted by Crippen LogP contribution is 2.23. The number of ether oxygens (including phenoxy) is 3. The van der Waals surface area contributed by atoms with Crippen LogP contribution in [0.5, 0.6) is 0 Å². The van der Waals surface area contributed by atoms with Gasteiger partial charge in [-0.1, -0.05) is 12.2 Å². The van der Waals surface area contributed by atoms with Gasteiger partial charge in [0.25, 0.3) is 0 Å². The molecule has 1 aliphatic rings. The van der Waals surface area contributed by atoms with Crippen LogP contribution in [0, 0.1) is 0 Å². The molecule has 1 heterocycles. The summed E-state index contributed by atoms with van der Waals surface area (Å²) in [5.41, 5.74) is 0.850. The summed E-state index contributed by atoms with van der Waals surface area (Å²) in [6.07, 6.45) is -0.116. The van der Waals surface area contributed by atoms with Crippen molar-refractivity contribution < 1.29 is 28.9 Å². The topological polar surface area (TPSA) is 82.1 Å². The van der Waals surface area contributed by atoms with Crippen LogP contribution in [-0.2, 0) is 23.8 Å². The minimum absolute atomic E-state index is 0.0185. The fourth-order valence-corrected chi connectivity index (χ4v) is 1.90. The first-order chi connectivity index (χ1) is 10.3. The maximum Gasteiger partial charge on any atom is 0.333 e. The highest BCUT2D eigenvalue weighted by atomic mass is 16.6. The fourth-order valence-electron chi connectivity index (χ4n) is 1.90. The molecule has 124 valence electrons. The highest BCUT2D eigenvalue weighted by molar-refractivity contribution is 5.88. The molecule has 1 saturated heterocycles. The van der Waals surface area contributed by atoms with Gasteiger partial charge in [0, 0.05) is 11.1 Å². The van der Waals surface area contributed by atoms with Crippen molar-refractivity contribution in [2.45, 2.75) is 59.0 Å². The second-order valence-corrected chi connectivity index (χ2v) is 5.29. The van der Waals surface area contributed by atoms with E-state index in [0.29, 0.717) is 11.1 Å². The summed E-state index contributed by atoms with van der Waals surface area (Å²) in [6, 6.07) is 0. The zero-order valence-electron chi connectivity index (χ0n) is 13.7. The van der Waals surface area contributed by atoms with Gasteiger partial charge in [0.05, 0.1) is 12.7 Å². The molecule has 0 unspecified atom stereocenters. The SMILES string of the molecule is C/C=C(/C)C(=O)O[C@@H]1[C@@H](OC(=O)/C(C)=C\C)[C@@H](O)CO[C@H]1C. The maximum absolute atomic E-state index is 11.9. The van der Waals surface area contributed by atoms with E-state index in [1.54, 1.807) is 46.8 Å². The van der Waals surface area contributed by atoms with Crippen LogP contribution in [0.15, 0.2) is 23.3 Å². The maximum atomic E-state index is 11.9. The molecule has 4 atom stereocenters.